The van der Waals surface area contributed by atoms with Crippen LogP contribution in [0.5, 0.6) is 0 Å². The molecule has 0 atom stereocenters. The minimum atomic E-state index is -3.41. The third-order valence-electron chi connectivity index (χ3n) is 3.43. The maximum atomic E-state index is 12.9. The van der Waals surface area contributed by atoms with Gasteiger partial charge in [-0.2, -0.15) is 4.31 Å². The number of nitrogens with zero attached hydrogens (tertiary/aromatic N) is 2. The Kier molecular flexibility index (Phi) is 5.76. The van der Waals surface area contributed by atoms with Crippen LogP contribution in [0.3, 0.4) is 0 Å². The molecule has 0 unspecified atom stereocenters. The van der Waals surface area contributed by atoms with Crippen LogP contribution in [0, 0.1) is 13.8 Å². The number of rotatable bonds is 7. The average molecular weight is 359 g/mol. The first-order chi connectivity index (χ1) is 10.4. The fourth-order valence-electron chi connectivity index (χ4n) is 2.22. The Morgan fingerprint density at radius 3 is 2.55 bits per heavy atom. The number of thiophene rings is 1. The standard InChI is InChI=1S/C15H22N2O2S3/c1-5-7-8-17(6-2)22(18,19)14-9-13(21-12(14)4)15-16-11(3)10-20-15/h9-10H,5-8H2,1-4H3. The molecule has 0 saturated heterocycles. The second kappa shape index (κ2) is 7.21. The lowest BCUT2D eigenvalue weighted by atomic mass is 10.3. The van der Waals surface area contributed by atoms with Gasteiger partial charge in [0.25, 0.3) is 0 Å². The maximum Gasteiger partial charge on any atom is 0.244 e. The van der Waals surface area contributed by atoms with Gasteiger partial charge in [0.05, 0.1) is 9.77 Å². The molecule has 0 N–H and O–H groups in total. The zero-order valence-corrected chi connectivity index (χ0v) is 15.9. The lowest BCUT2D eigenvalue weighted by molar-refractivity contribution is 0.419. The van der Waals surface area contributed by atoms with E-state index in [1.54, 1.807) is 21.7 Å². The molecule has 2 aromatic heterocycles. The molecule has 0 aromatic carbocycles. The van der Waals surface area contributed by atoms with E-state index in [1.165, 1.54) is 11.3 Å². The molecular weight excluding hydrogens is 336 g/mol. The SMILES string of the molecule is CCCCN(CC)S(=O)(=O)c1cc(-c2nc(C)cs2)sc1C. The molecule has 0 aliphatic carbocycles. The molecule has 22 heavy (non-hydrogen) atoms. The summed E-state index contributed by atoms with van der Waals surface area (Å²) in [5.41, 5.74) is 0.966. The molecule has 7 heteroatoms. The molecule has 0 spiro atoms. The summed E-state index contributed by atoms with van der Waals surface area (Å²) in [7, 11) is -3.41. The molecule has 0 bridgehead atoms. The van der Waals surface area contributed by atoms with Crippen molar-refractivity contribution in [2.45, 2.75) is 45.4 Å². The number of sulfonamides is 1. The van der Waals surface area contributed by atoms with Gasteiger partial charge in [0.2, 0.25) is 10.0 Å². The number of aromatic nitrogens is 1. The summed E-state index contributed by atoms with van der Waals surface area (Å²) in [6, 6.07) is 1.78. The van der Waals surface area contributed by atoms with Gasteiger partial charge >= 0.3 is 0 Å². The van der Waals surface area contributed by atoms with E-state index < -0.39 is 10.0 Å². The molecule has 2 heterocycles. The van der Waals surface area contributed by atoms with Crippen molar-refractivity contribution in [3.63, 3.8) is 0 Å². The molecule has 122 valence electrons. The van der Waals surface area contributed by atoms with Crippen LogP contribution in [-0.2, 0) is 10.0 Å². The molecule has 4 nitrogen and oxygen atoms in total. The lowest BCUT2D eigenvalue weighted by Crippen LogP contribution is -2.31. The monoisotopic (exact) mass is 358 g/mol. The quantitative estimate of drug-likeness (QED) is 0.741. The smallest absolute Gasteiger partial charge is 0.241 e. The Bertz CT molecular complexity index is 732. The minimum absolute atomic E-state index is 0.429. The third-order valence-corrected chi connectivity index (χ3v) is 7.84. The number of aryl methyl sites for hydroxylation is 2. The van der Waals surface area contributed by atoms with E-state index in [9.17, 15) is 8.42 Å². The van der Waals surface area contributed by atoms with Crippen molar-refractivity contribution in [3.8, 4) is 9.88 Å². The number of unbranched alkanes of at least 4 members (excludes halogenated alkanes) is 1. The second-order valence-corrected chi connectivity index (χ2v) is 9.20. The van der Waals surface area contributed by atoms with Crippen molar-refractivity contribution >= 4 is 32.7 Å². The van der Waals surface area contributed by atoms with E-state index in [2.05, 4.69) is 11.9 Å². The van der Waals surface area contributed by atoms with Gasteiger partial charge in [-0.05, 0) is 26.3 Å². The van der Waals surface area contributed by atoms with Gasteiger partial charge in [-0.3, -0.25) is 0 Å². The van der Waals surface area contributed by atoms with Crippen LogP contribution in [0.15, 0.2) is 16.3 Å². The average Bonchev–Trinajstić information content (AvgIpc) is 3.05. The topological polar surface area (TPSA) is 50.3 Å². The maximum absolute atomic E-state index is 12.9. The molecule has 2 aromatic rings. The molecule has 2 rings (SSSR count). The Hall–Kier alpha value is -0.760. The van der Waals surface area contributed by atoms with Gasteiger partial charge in [-0.15, -0.1) is 22.7 Å². The van der Waals surface area contributed by atoms with Gasteiger partial charge in [0.1, 0.15) is 5.01 Å². The molecule has 0 saturated carbocycles. The summed E-state index contributed by atoms with van der Waals surface area (Å²) >= 11 is 3.06. The Morgan fingerprint density at radius 2 is 2.00 bits per heavy atom. The fraction of sp³-hybridized carbons (Fsp3) is 0.533. The van der Waals surface area contributed by atoms with Crippen molar-refractivity contribution in [2.24, 2.45) is 0 Å². The van der Waals surface area contributed by atoms with E-state index in [0.29, 0.717) is 18.0 Å². The lowest BCUT2D eigenvalue weighted by Gasteiger charge is -2.19. The first-order valence-corrected chi connectivity index (χ1v) is 10.6. The van der Waals surface area contributed by atoms with Crippen LogP contribution < -0.4 is 0 Å². The summed E-state index contributed by atoms with van der Waals surface area (Å²) in [6.07, 6.45) is 1.87. The first-order valence-electron chi connectivity index (χ1n) is 7.43. The highest BCUT2D eigenvalue weighted by Crippen LogP contribution is 2.36. The summed E-state index contributed by atoms with van der Waals surface area (Å²) in [4.78, 5) is 6.64. The van der Waals surface area contributed by atoms with Crippen molar-refractivity contribution in [3.05, 3.63) is 22.0 Å². The van der Waals surface area contributed by atoms with Crippen LogP contribution in [-0.4, -0.2) is 30.8 Å². The van der Waals surface area contributed by atoms with Crippen LogP contribution in [0.2, 0.25) is 0 Å². The molecular formula is C15H22N2O2S3. The van der Waals surface area contributed by atoms with Crippen molar-refractivity contribution in [1.29, 1.82) is 0 Å². The highest BCUT2D eigenvalue weighted by molar-refractivity contribution is 7.89. The third kappa shape index (κ3) is 3.59. The zero-order valence-electron chi connectivity index (χ0n) is 13.4. The van der Waals surface area contributed by atoms with Crippen molar-refractivity contribution in [1.82, 2.24) is 9.29 Å². The van der Waals surface area contributed by atoms with Crippen molar-refractivity contribution in [2.75, 3.05) is 13.1 Å². The van der Waals surface area contributed by atoms with E-state index >= 15 is 0 Å². The van der Waals surface area contributed by atoms with Gasteiger partial charge in [-0.25, -0.2) is 13.4 Å². The molecule has 0 amide bonds. The van der Waals surface area contributed by atoms with Crippen LogP contribution in [0.25, 0.3) is 9.88 Å². The molecule has 0 aliphatic heterocycles. The predicted molar refractivity (Wildman–Crippen MR) is 94.2 cm³/mol. The Morgan fingerprint density at radius 1 is 1.27 bits per heavy atom. The van der Waals surface area contributed by atoms with E-state index in [4.69, 9.17) is 0 Å². The largest absolute Gasteiger partial charge is 0.244 e. The second-order valence-electron chi connectivity index (χ2n) is 5.18. The first kappa shape index (κ1) is 17.6. The summed E-state index contributed by atoms with van der Waals surface area (Å²) in [6.45, 7) is 8.86. The number of hydrogen-bond acceptors (Lipinski definition) is 5. The van der Waals surface area contributed by atoms with Gasteiger partial charge in [0.15, 0.2) is 0 Å². The van der Waals surface area contributed by atoms with Crippen LogP contribution >= 0.6 is 22.7 Å². The number of hydrogen-bond donors (Lipinski definition) is 0. The highest BCUT2D eigenvalue weighted by Gasteiger charge is 2.27. The van der Waals surface area contributed by atoms with E-state index in [1.807, 2.05) is 26.2 Å². The predicted octanol–water partition coefficient (Wildman–Crippen LogP) is 4.30. The zero-order chi connectivity index (χ0) is 16.3. The van der Waals surface area contributed by atoms with Crippen molar-refractivity contribution < 1.29 is 8.42 Å². The molecule has 0 aliphatic rings. The molecule has 0 fully saturated rings. The fourth-order valence-corrected chi connectivity index (χ4v) is 6.12. The minimum Gasteiger partial charge on any atom is -0.241 e. The van der Waals surface area contributed by atoms with E-state index in [0.717, 1.165) is 33.3 Å². The van der Waals surface area contributed by atoms with E-state index in [-0.39, 0.29) is 0 Å². The number of thiazole rings is 1. The Balaban J connectivity index is 2.37. The summed E-state index contributed by atoms with van der Waals surface area (Å²) < 4.78 is 27.3. The van der Waals surface area contributed by atoms with Gasteiger partial charge in [-0.1, -0.05) is 20.3 Å². The highest BCUT2D eigenvalue weighted by atomic mass is 32.2. The van der Waals surface area contributed by atoms with Crippen LogP contribution in [0.1, 0.15) is 37.3 Å². The Labute approximate surface area is 140 Å². The summed E-state index contributed by atoms with van der Waals surface area (Å²) in [5, 5.41) is 2.88. The van der Waals surface area contributed by atoms with Gasteiger partial charge in [0, 0.05) is 29.0 Å². The summed E-state index contributed by atoms with van der Waals surface area (Å²) in [5.74, 6) is 0. The van der Waals surface area contributed by atoms with Crippen LogP contribution in [0.4, 0.5) is 0 Å². The van der Waals surface area contributed by atoms with Gasteiger partial charge < -0.3 is 0 Å². The molecule has 0 radical (unpaired) electrons. The normalized spacial score (nSPS) is 12.2.